The van der Waals surface area contributed by atoms with Crippen LogP contribution in [0.1, 0.15) is 70.3 Å². The van der Waals surface area contributed by atoms with Gasteiger partial charge in [0.05, 0.1) is 11.2 Å². The monoisotopic (exact) mass is 421 g/mol. The Balaban J connectivity index is 1.34. The Kier molecular flexibility index (Phi) is 5.83. The van der Waals surface area contributed by atoms with E-state index in [1.165, 1.54) is 62.5 Å². The number of aromatic nitrogens is 1. The van der Waals surface area contributed by atoms with Crippen molar-refractivity contribution >= 4 is 0 Å². The van der Waals surface area contributed by atoms with Crippen molar-refractivity contribution in [2.24, 2.45) is 5.92 Å². The maximum absolute atomic E-state index is 7.24. The van der Waals surface area contributed by atoms with Gasteiger partial charge in [-0.1, -0.05) is 25.1 Å². The minimum Gasteiger partial charge on any atom is -0.359 e. The van der Waals surface area contributed by atoms with Gasteiger partial charge in [-0.05, 0) is 101 Å². The number of hydrogen-bond acceptors (Lipinski definition) is 4. The standard InChI is InChI=1S/C27H39N3O/c1-20-9-11-24(29-19-21-6-5-15-28-18-21)8-4-7-23-16-22-10-12-25(30(2)3)17-26(22)13-14-27(20,23)31-26/h5-7,15-16,18,20,24-25,29H,4,8-14,17,19H2,1-3H3/b23-7-/t20-,24?,25?,26+,27-/m0/s1. The average molecular weight is 422 g/mol. The summed E-state index contributed by atoms with van der Waals surface area (Å²) in [5.41, 5.74) is 4.30. The van der Waals surface area contributed by atoms with Gasteiger partial charge >= 0.3 is 0 Å². The summed E-state index contributed by atoms with van der Waals surface area (Å²) in [4.78, 5) is 6.67. The molecule has 0 aromatic carbocycles. The van der Waals surface area contributed by atoms with E-state index in [4.69, 9.17) is 4.74 Å². The molecule has 1 saturated carbocycles. The molecule has 2 fully saturated rings. The van der Waals surface area contributed by atoms with E-state index in [0.717, 1.165) is 13.0 Å². The first-order valence-corrected chi connectivity index (χ1v) is 12.4. The largest absolute Gasteiger partial charge is 0.359 e. The fourth-order valence-electron chi connectivity index (χ4n) is 6.63. The summed E-state index contributed by atoms with van der Waals surface area (Å²) in [6.45, 7) is 3.35. The molecule has 4 aliphatic rings. The molecule has 31 heavy (non-hydrogen) atoms. The highest BCUT2D eigenvalue weighted by Gasteiger charge is 2.59. The maximum Gasteiger partial charge on any atom is 0.0966 e. The Labute approximate surface area is 188 Å². The summed E-state index contributed by atoms with van der Waals surface area (Å²) >= 11 is 0. The smallest absolute Gasteiger partial charge is 0.0966 e. The highest BCUT2D eigenvalue weighted by molar-refractivity contribution is 5.44. The minimum atomic E-state index is -0.0596. The van der Waals surface area contributed by atoms with Gasteiger partial charge in [0, 0.05) is 31.0 Å². The molecule has 1 aromatic rings. The van der Waals surface area contributed by atoms with Crippen LogP contribution >= 0.6 is 0 Å². The molecule has 5 rings (SSSR count). The Bertz CT molecular complexity index is 847. The second kappa shape index (κ2) is 8.46. The van der Waals surface area contributed by atoms with E-state index in [1.54, 1.807) is 5.57 Å². The number of pyridine rings is 1. The number of ether oxygens (including phenoxy) is 1. The molecule has 2 unspecified atom stereocenters. The fourth-order valence-corrected chi connectivity index (χ4v) is 6.63. The van der Waals surface area contributed by atoms with Crippen LogP contribution in [0, 0.1) is 5.92 Å². The third-order valence-corrected chi connectivity index (χ3v) is 8.67. The first-order chi connectivity index (χ1) is 15.0. The van der Waals surface area contributed by atoms with Crippen LogP contribution in [0.15, 0.2) is 47.8 Å². The van der Waals surface area contributed by atoms with Gasteiger partial charge in [-0.3, -0.25) is 4.98 Å². The fraction of sp³-hybridized carbons (Fsp3) is 0.667. The zero-order valence-electron chi connectivity index (χ0n) is 19.6. The molecular weight excluding hydrogens is 382 g/mol. The van der Waals surface area contributed by atoms with E-state index < -0.39 is 0 Å². The molecule has 2 aliphatic heterocycles. The predicted molar refractivity (Wildman–Crippen MR) is 126 cm³/mol. The number of rotatable bonds is 4. The SMILES string of the molecule is C[C@H]1CCC(NCc2cccnc2)CC/C=C2/C=C3CCC(N(C)C)C[C@]34CC[C@@]21O4. The van der Waals surface area contributed by atoms with Crippen LogP contribution in [0.3, 0.4) is 0 Å². The summed E-state index contributed by atoms with van der Waals surface area (Å²) < 4.78 is 7.24. The van der Waals surface area contributed by atoms with E-state index in [1.807, 2.05) is 18.5 Å². The lowest BCUT2D eigenvalue weighted by atomic mass is 9.74. The molecule has 2 aliphatic carbocycles. The van der Waals surface area contributed by atoms with Crippen LogP contribution in [-0.4, -0.2) is 47.3 Å². The molecule has 1 N–H and O–H groups in total. The molecule has 4 nitrogen and oxygen atoms in total. The Hall–Kier alpha value is -1.49. The lowest BCUT2D eigenvalue weighted by molar-refractivity contribution is -0.115. The molecule has 2 spiro atoms. The van der Waals surface area contributed by atoms with E-state index >= 15 is 0 Å². The lowest BCUT2D eigenvalue weighted by Crippen LogP contribution is -2.51. The van der Waals surface area contributed by atoms with Gasteiger partial charge < -0.3 is 15.0 Å². The predicted octanol–water partition coefficient (Wildman–Crippen LogP) is 5.02. The van der Waals surface area contributed by atoms with Crippen LogP contribution in [0.25, 0.3) is 0 Å². The summed E-state index contributed by atoms with van der Waals surface area (Å²) in [6, 6.07) is 5.39. The molecule has 1 saturated heterocycles. The van der Waals surface area contributed by atoms with Gasteiger partial charge in [-0.2, -0.15) is 0 Å². The molecule has 0 radical (unpaired) electrons. The lowest BCUT2D eigenvalue weighted by Gasteiger charge is -2.49. The number of hydrogen-bond donors (Lipinski definition) is 1. The molecule has 5 atom stereocenters. The summed E-state index contributed by atoms with van der Waals surface area (Å²) in [6.07, 6.45) is 19.7. The summed E-state index contributed by atoms with van der Waals surface area (Å²) in [5, 5.41) is 3.81. The van der Waals surface area contributed by atoms with E-state index in [0.29, 0.717) is 18.0 Å². The van der Waals surface area contributed by atoms with E-state index in [9.17, 15) is 0 Å². The van der Waals surface area contributed by atoms with Crippen molar-refractivity contribution in [2.45, 2.75) is 94.5 Å². The topological polar surface area (TPSA) is 37.4 Å². The van der Waals surface area contributed by atoms with Gasteiger partial charge in [-0.25, -0.2) is 0 Å². The Morgan fingerprint density at radius 3 is 2.90 bits per heavy atom. The highest BCUT2D eigenvalue weighted by atomic mass is 16.5. The first kappa shape index (κ1) is 21.4. The normalized spacial score (nSPS) is 39.4. The van der Waals surface area contributed by atoms with Gasteiger partial charge in [-0.15, -0.1) is 0 Å². The van der Waals surface area contributed by atoms with Crippen molar-refractivity contribution in [1.82, 2.24) is 15.2 Å². The van der Waals surface area contributed by atoms with Crippen molar-refractivity contribution in [1.29, 1.82) is 0 Å². The molecule has 2 bridgehead atoms. The zero-order chi connectivity index (χ0) is 21.5. The van der Waals surface area contributed by atoms with Crippen LogP contribution in [0.2, 0.25) is 0 Å². The maximum atomic E-state index is 7.24. The highest BCUT2D eigenvalue weighted by Crippen LogP contribution is 2.59. The molecular formula is C27H39N3O. The molecule has 168 valence electrons. The van der Waals surface area contributed by atoms with Gasteiger partial charge in [0.1, 0.15) is 0 Å². The zero-order valence-corrected chi connectivity index (χ0v) is 19.6. The average Bonchev–Trinajstić information content (AvgIpc) is 3.13. The third-order valence-electron chi connectivity index (χ3n) is 8.67. The van der Waals surface area contributed by atoms with Gasteiger partial charge in [0.25, 0.3) is 0 Å². The van der Waals surface area contributed by atoms with Crippen molar-refractivity contribution < 1.29 is 4.74 Å². The number of nitrogens with zero attached hydrogens (tertiary/aromatic N) is 2. The van der Waals surface area contributed by atoms with Crippen LogP contribution in [0.4, 0.5) is 0 Å². The number of nitrogens with one attached hydrogen (secondary N) is 1. The van der Waals surface area contributed by atoms with Crippen molar-refractivity contribution in [3.05, 3.63) is 53.4 Å². The van der Waals surface area contributed by atoms with Crippen LogP contribution in [-0.2, 0) is 11.3 Å². The first-order valence-electron chi connectivity index (χ1n) is 12.4. The minimum absolute atomic E-state index is 0.00476. The van der Waals surface area contributed by atoms with Gasteiger partial charge in [0.15, 0.2) is 0 Å². The Morgan fingerprint density at radius 1 is 1.19 bits per heavy atom. The van der Waals surface area contributed by atoms with E-state index in [2.05, 4.69) is 54.4 Å². The number of allylic oxidation sites excluding steroid dienone is 1. The van der Waals surface area contributed by atoms with Gasteiger partial charge in [0.2, 0.25) is 0 Å². The van der Waals surface area contributed by atoms with Crippen LogP contribution in [0.5, 0.6) is 0 Å². The molecule has 3 heterocycles. The third kappa shape index (κ3) is 3.92. The Morgan fingerprint density at radius 2 is 2.10 bits per heavy atom. The van der Waals surface area contributed by atoms with Crippen LogP contribution < -0.4 is 5.32 Å². The van der Waals surface area contributed by atoms with E-state index in [-0.39, 0.29) is 11.2 Å². The quantitative estimate of drug-likeness (QED) is 0.741. The van der Waals surface area contributed by atoms with Crippen molar-refractivity contribution in [2.75, 3.05) is 14.1 Å². The second-order valence-electron chi connectivity index (χ2n) is 10.7. The second-order valence-corrected chi connectivity index (χ2v) is 10.7. The summed E-state index contributed by atoms with van der Waals surface area (Å²) in [5.74, 6) is 0.552. The molecule has 1 aromatic heterocycles. The molecule has 0 amide bonds. The van der Waals surface area contributed by atoms with Crippen molar-refractivity contribution in [3.8, 4) is 0 Å². The summed E-state index contributed by atoms with van der Waals surface area (Å²) in [7, 11) is 4.46. The van der Waals surface area contributed by atoms with Crippen molar-refractivity contribution in [3.63, 3.8) is 0 Å². The molecule has 4 heteroatoms.